The van der Waals surface area contributed by atoms with Gasteiger partial charge in [0, 0.05) is 18.3 Å². The Morgan fingerprint density at radius 1 is 1.19 bits per heavy atom. The van der Waals surface area contributed by atoms with E-state index in [4.69, 9.17) is 9.47 Å². The summed E-state index contributed by atoms with van der Waals surface area (Å²) in [6.07, 6.45) is 0. The Balaban J connectivity index is 1.72. The Morgan fingerprint density at radius 2 is 2.00 bits per heavy atom. The zero-order valence-electron chi connectivity index (χ0n) is 15.3. The molecule has 0 spiro atoms. The molecule has 0 atom stereocenters. The first-order valence-electron chi connectivity index (χ1n) is 8.24. The molecule has 3 rings (SSSR count). The Bertz CT molecular complexity index is 1010. The molecule has 0 amide bonds. The van der Waals surface area contributed by atoms with E-state index in [0.717, 1.165) is 16.3 Å². The monoisotopic (exact) mass is 407 g/mol. The molecule has 3 aromatic rings. The van der Waals surface area contributed by atoms with Crippen LogP contribution in [0.4, 0.5) is 0 Å². The van der Waals surface area contributed by atoms with Crippen LogP contribution in [0.25, 0.3) is 10.6 Å². The lowest BCUT2D eigenvalue weighted by atomic mass is 10.3. The van der Waals surface area contributed by atoms with Crippen LogP contribution in [0.2, 0.25) is 0 Å². The van der Waals surface area contributed by atoms with Gasteiger partial charge in [0.25, 0.3) is 0 Å². The molecule has 0 aliphatic rings. The predicted molar refractivity (Wildman–Crippen MR) is 105 cm³/mol. The number of hydrogen-bond acceptors (Lipinski definition) is 6. The maximum Gasteiger partial charge on any atom is 0.244 e. The van der Waals surface area contributed by atoms with Crippen LogP contribution >= 0.6 is 11.3 Å². The zero-order chi connectivity index (χ0) is 19.4. The number of aromatic nitrogens is 2. The van der Waals surface area contributed by atoms with Gasteiger partial charge in [-0.3, -0.25) is 4.68 Å². The second-order valence-electron chi connectivity index (χ2n) is 5.79. The van der Waals surface area contributed by atoms with E-state index in [9.17, 15) is 8.42 Å². The molecule has 1 N–H and O–H groups in total. The fourth-order valence-electron chi connectivity index (χ4n) is 2.64. The van der Waals surface area contributed by atoms with Crippen LogP contribution in [0.15, 0.2) is 46.7 Å². The van der Waals surface area contributed by atoms with Crippen molar-refractivity contribution in [2.45, 2.75) is 18.4 Å². The number of hydrogen-bond donors (Lipinski definition) is 1. The molecule has 0 saturated carbocycles. The number of thiophene rings is 1. The van der Waals surface area contributed by atoms with E-state index in [0.29, 0.717) is 12.3 Å². The summed E-state index contributed by atoms with van der Waals surface area (Å²) < 4.78 is 40.0. The minimum Gasteiger partial charge on any atom is -0.497 e. The lowest BCUT2D eigenvalue weighted by Crippen LogP contribution is -2.28. The van der Waals surface area contributed by atoms with Gasteiger partial charge in [0.1, 0.15) is 22.1 Å². The standard InChI is InChI=1S/C18H21N3O4S2/c1-13-11-15(17-5-4-10-26-17)20-21(13)9-8-19-27(22,23)18-12-14(24-2)6-7-16(18)25-3/h4-7,10-12,19H,8-9H2,1-3H3. The first-order chi connectivity index (χ1) is 12.9. The highest BCUT2D eigenvalue weighted by molar-refractivity contribution is 7.89. The van der Waals surface area contributed by atoms with Gasteiger partial charge in [0.15, 0.2) is 0 Å². The molecule has 0 bridgehead atoms. The summed E-state index contributed by atoms with van der Waals surface area (Å²) in [4.78, 5) is 1.12. The zero-order valence-corrected chi connectivity index (χ0v) is 16.9. The van der Waals surface area contributed by atoms with Gasteiger partial charge in [-0.1, -0.05) is 6.07 Å². The summed E-state index contributed by atoms with van der Waals surface area (Å²) in [6.45, 7) is 2.57. The molecule has 0 aliphatic heterocycles. The van der Waals surface area contributed by atoms with Crippen LogP contribution < -0.4 is 14.2 Å². The van der Waals surface area contributed by atoms with Gasteiger partial charge in [0.2, 0.25) is 10.0 Å². The summed E-state index contributed by atoms with van der Waals surface area (Å²) in [5.74, 6) is 0.707. The van der Waals surface area contributed by atoms with Crippen LogP contribution in [0.1, 0.15) is 5.69 Å². The average Bonchev–Trinajstić information content (AvgIpc) is 3.31. The third-order valence-electron chi connectivity index (χ3n) is 4.03. The van der Waals surface area contributed by atoms with E-state index < -0.39 is 10.0 Å². The first-order valence-corrected chi connectivity index (χ1v) is 10.6. The smallest absolute Gasteiger partial charge is 0.244 e. The Morgan fingerprint density at radius 3 is 2.67 bits per heavy atom. The number of sulfonamides is 1. The number of methoxy groups -OCH3 is 2. The van der Waals surface area contributed by atoms with E-state index in [-0.39, 0.29) is 17.2 Å². The van der Waals surface area contributed by atoms with Crippen molar-refractivity contribution < 1.29 is 17.9 Å². The van der Waals surface area contributed by atoms with Crippen molar-refractivity contribution in [1.82, 2.24) is 14.5 Å². The van der Waals surface area contributed by atoms with Gasteiger partial charge in [-0.25, -0.2) is 13.1 Å². The number of benzene rings is 1. The highest BCUT2D eigenvalue weighted by atomic mass is 32.2. The van der Waals surface area contributed by atoms with Crippen molar-refractivity contribution in [3.63, 3.8) is 0 Å². The van der Waals surface area contributed by atoms with Crippen LogP contribution in [-0.4, -0.2) is 39.0 Å². The number of rotatable bonds is 8. The molecule has 0 unspecified atom stereocenters. The molecule has 0 aliphatic carbocycles. The Kier molecular flexibility index (Phi) is 5.83. The van der Waals surface area contributed by atoms with E-state index in [1.807, 2.05) is 30.5 Å². The number of aryl methyl sites for hydroxylation is 1. The van der Waals surface area contributed by atoms with Gasteiger partial charge in [-0.15, -0.1) is 11.3 Å². The minimum atomic E-state index is -3.75. The highest BCUT2D eigenvalue weighted by Crippen LogP contribution is 2.28. The summed E-state index contributed by atoms with van der Waals surface area (Å²) >= 11 is 1.62. The van der Waals surface area contributed by atoms with Crippen LogP contribution in [0.5, 0.6) is 11.5 Å². The second kappa shape index (κ2) is 8.12. The second-order valence-corrected chi connectivity index (χ2v) is 8.47. The molecule has 2 heterocycles. The number of nitrogens with one attached hydrogen (secondary N) is 1. The topological polar surface area (TPSA) is 82.5 Å². The molecule has 27 heavy (non-hydrogen) atoms. The largest absolute Gasteiger partial charge is 0.497 e. The molecule has 7 nitrogen and oxygen atoms in total. The maximum absolute atomic E-state index is 12.7. The fraction of sp³-hybridized carbons (Fsp3) is 0.278. The van der Waals surface area contributed by atoms with Gasteiger partial charge in [0.05, 0.1) is 25.6 Å². The van der Waals surface area contributed by atoms with Gasteiger partial charge in [-0.05, 0) is 36.6 Å². The van der Waals surface area contributed by atoms with Crippen molar-refractivity contribution in [2.75, 3.05) is 20.8 Å². The molecule has 9 heteroatoms. The maximum atomic E-state index is 12.7. The van der Waals surface area contributed by atoms with E-state index in [1.54, 1.807) is 28.2 Å². The number of nitrogens with zero attached hydrogens (tertiary/aromatic N) is 2. The summed E-state index contributed by atoms with van der Waals surface area (Å²) in [7, 11) is -0.835. The lowest BCUT2D eigenvalue weighted by Gasteiger charge is -2.12. The molecule has 0 radical (unpaired) electrons. The van der Waals surface area contributed by atoms with E-state index >= 15 is 0 Å². The van der Waals surface area contributed by atoms with Gasteiger partial charge < -0.3 is 9.47 Å². The molecular weight excluding hydrogens is 386 g/mol. The van der Waals surface area contributed by atoms with Crippen molar-refractivity contribution in [3.8, 4) is 22.1 Å². The van der Waals surface area contributed by atoms with E-state index in [1.165, 1.54) is 20.3 Å². The molecule has 0 fully saturated rings. The van der Waals surface area contributed by atoms with Crippen molar-refractivity contribution in [2.24, 2.45) is 0 Å². The molecule has 144 valence electrons. The summed E-state index contributed by atoms with van der Waals surface area (Å²) in [6, 6.07) is 10.6. The molecule has 0 saturated heterocycles. The fourth-order valence-corrected chi connectivity index (χ4v) is 4.52. The summed E-state index contributed by atoms with van der Waals surface area (Å²) in [5, 5.41) is 6.55. The van der Waals surface area contributed by atoms with E-state index in [2.05, 4.69) is 9.82 Å². The van der Waals surface area contributed by atoms with Crippen LogP contribution in [0, 0.1) is 6.92 Å². The van der Waals surface area contributed by atoms with Crippen LogP contribution in [0.3, 0.4) is 0 Å². The quantitative estimate of drug-likeness (QED) is 0.621. The molecular formula is C18H21N3O4S2. The minimum absolute atomic E-state index is 0.0424. The SMILES string of the molecule is COc1ccc(OC)c(S(=O)(=O)NCCn2nc(-c3cccs3)cc2C)c1. The normalized spacial score (nSPS) is 11.5. The third kappa shape index (κ3) is 4.32. The van der Waals surface area contributed by atoms with Crippen molar-refractivity contribution >= 4 is 21.4 Å². The predicted octanol–water partition coefficient (Wildman–Crippen LogP) is 2.92. The van der Waals surface area contributed by atoms with Crippen LogP contribution in [-0.2, 0) is 16.6 Å². The lowest BCUT2D eigenvalue weighted by molar-refractivity contribution is 0.392. The van der Waals surface area contributed by atoms with Crippen molar-refractivity contribution in [1.29, 1.82) is 0 Å². The third-order valence-corrected chi connectivity index (χ3v) is 6.41. The number of ether oxygens (including phenoxy) is 2. The summed E-state index contributed by atoms with van der Waals surface area (Å²) in [5.41, 5.74) is 1.86. The Hall–Kier alpha value is -2.36. The average molecular weight is 408 g/mol. The van der Waals surface area contributed by atoms with Gasteiger partial charge in [-0.2, -0.15) is 5.10 Å². The molecule has 1 aromatic carbocycles. The van der Waals surface area contributed by atoms with Gasteiger partial charge >= 0.3 is 0 Å². The molecule has 2 aromatic heterocycles. The first kappa shape index (κ1) is 19.4. The Labute approximate surface area is 162 Å². The van der Waals surface area contributed by atoms with Crippen molar-refractivity contribution in [3.05, 3.63) is 47.5 Å². The highest BCUT2D eigenvalue weighted by Gasteiger charge is 2.20.